The van der Waals surface area contributed by atoms with E-state index in [2.05, 4.69) is 0 Å². The first-order chi connectivity index (χ1) is 16.1. The van der Waals surface area contributed by atoms with E-state index < -0.39 is 50.1 Å². The molecule has 12 nitrogen and oxygen atoms in total. The maximum absolute atomic E-state index is 11.0. The number of aliphatic carboxylic acids is 4. The van der Waals surface area contributed by atoms with Gasteiger partial charge in [-0.25, -0.2) is 0 Å². The first kappa shape index (κ1) is 25.8. The lowest BCUT2D eigenvalue weighted by Gasteiger charge is -2.21. The van der Waals surface area contributed by atoms with Gasteiger partial charge in [0.2, 0.25) is 0 Å². The third kappa shape index (κ3) is 8.94. The molecule has 182 valence electrons. The van der Waals surface area contributed by atoms with Crippen LogP contribution in [0.5, 0.6) is 11.5 Å². The van der Waals surface area contributed by atoms with Crippen LogP contribution in [0, 0.1) is 0 Å². The second kappa shape index (κ2) is 12.5. The molecule has 0 radical (unpaired) electrons. The van der Waals surface area contributed by atoms with Crippen molar-refractivity contribution < 1.29 is 49.1 Å². The molecular formula is C22H24N2O10. The summed E-state index contributed by atoms with van der Waals surface area (Å²) in [5.74, 6) is -3.93. The lowest BCUT2D eigenvalue weighted by atomic mass is 10.2. The van der Waals surface area contributed by atoms with Crippen LogP contribution in [0.2, 0.25) is 0 Å². The molecule has 0 aromatic heterocycles. The molecule has 0 aliphatic carbocycles. The van der Waals surface area contributed by atoms with Crippen LogP contribution in [0.15, 0.2) is 48.5 Å². The van der Waals surface area contributed by atoms with Crippen LogP contribution in [-0.2, 0) is 19.2 Å². The number of carboxylic acids is 4. The summed E-state index contributed by atoms with van der Waals surface area (Å²) in [5.41, 5.74) is 0.737. The predicted octanol–water partition coefficient (Wildman–Crippen LogP) is 1.10. The molecule has 34 heavy (non-hydrogen) atoms. The van der Waals surface area contributed by atoms with Gasteiger partial charge in [-0.2, -0.15) is 0 Å². The van der Waals surface area contributed by atoms with Gasteiger partial charge in [0, 0.05) is 23.5 Å². The number of rotatable bonds is 15. The lowest BCUT2D eigenvalue weighted by Crippen LogP contribution is -2.34. The standard InChI is InChI=1S/C22H24N2O10/c25-19(26)11-23(12-20(27)28)15-3-1-5-17(9-15)33-7-8-34-18-6-2-4-16(10-18)24(13-21(29)30)14-22(31)32/h1-6,9-10H,7-8,11-14H2,(H,25,26)(H,27,28)(H,29,30)(H,31,32). The predicted molar refractivity (Wildman–Crippen MR) is 119 cm³/mol. The quantitative estimate of drug-likeness (QED) is 0.270. The van der Waals surface area contributed by atoms with Crippen LogP contribution in [0.4, 0.5) is 11.4 Å². The molecule has 2 rings (SSSR count). The van der Waals surface area contributed by atoms with E-state index in [0.29, 0.717) is 22.9 Å². The van der Waals surface area contributed by atoms with Gasteiger partial charge in [0.05, 0.1) is 0 Å². The van der Waals surface area contributed by atoms with Crippen molar-refractivity contribution in [2.45, 2.75) is 0 Å². The second-order valence-electron chi connectivity index (χ2n) is 6.98. The molecule has 0 fully saturated rings. The third-order valence-corrected chi connectivity index (χ3v) is 4.29. The molecule has 0 aliphatic heterocycles. The Labute approximate surface area is 194 Å². The smallest absolute Gasteiger partial charge is 0.323 e. The van der Waals surface area contributed by atoms with E-state index in [-0.39, 0.29) is 13.2 Å². The van der Waals surface area contributed by atoms with Gasteiger partial charge in [-0.05, 0) is 24.3 Å². The average molecular weight is 476 g/mol. The minimum atomic E-state index is -1.17. The fourth-order valence-corrected chi connectivity index (χ4v) is 2.99. The maximum Gasteiger partial charge on any atom is 0.323 e. The van der Waals surface area contributed by atoms with Gasteiger partial charge >= 0.3 is 23.9 Å². The largest absolute Gasteiger partial charge is 0.490 e. The summed E-state index contributed by atoms with van der Waals surface area (Å²) < 4.78 is 11.2. The maximum atomic E-state index is 11.0. The first-order valence-electron chi connectivity index (χ1n) is 9.97. The Bertz CT molecular complexity index is 913. The molecule has 2 aromatic carbocycles. The molecule has 12 heteroatoms. The molecule has 0 atom stereocenters. The highest BCUT2D eigenvalue weighted by atomic mass is 16.5. The normalized spacial score (nSPS) is 10.2. The van der Waals surface area contributed by atoms with Crippen molar-refractivity contribution in [3.05, 3.63) is 48.5 Å². The van der Waals surface area contributed by atoms with Crippen molar-refractivity contribution in [1.82, 2.24) is 0 Å². The molecule has 0 aliphatic rings. The van der Waals surface area contributed by atoms with E-state index in [9.17, 15) is 19.2 Å². The van der Waals surface area contributed by atoms with Crippen molar-refractivity contribution in [2.24, 2.45) is 0 Å². The topological polar surface area (TPSA) is 174 Å². The summed E-state index contributed by atoms with van der Waals surface area (Å²) in [4.78, 5) is 46.5. The van der Waals surface area contributed by atoms with Crippen molar-refractivity contribution in [1.29, 1.82) is 0 Å². The van der Waals surface area contributed by atoms with E-state index in [1.54, 1.807) is 36.4 Å². The fraction of sp³-hybridized carbons (Fsp3) is 0.273. The Morgan fingerprint density at radius 3 is 1.21 bits per heavy atom. The molecule has 0 spiro atoms. The van der Waals surface area contributed by atoms with Crippen molar-refractivity contribution in [2.75, 3.05) is 49.2 Å². The highest BCUT2D eigenvalue weighted by molar-refractivity contribution is 5.80. The Morgan fingerprint density at radius 1 is 0.588 bits per heavy atom. The molecule has 0 unspecified atom stereocenters. The van der Waals surface area contributed by atoms with Gasteiger partial charge in [0.1, 0.15) is 50.9 Å². The number of ether oxygens (including phenoxy) is 2. The van der Waals surface area contributed by atoms with Crippen LogP contribution in [0.1, 0.15) is 0 Å². The first-order valence-corrected chi connectivity index (χ1v) is 9.97. The van der Waals surface area contributed by atoms with E-state index in [4.69, 9.17) is 29.9 Å². The minimum Gasteiger partial charge on any atom is -0.490 e. The number of anilines is 2. The highest BCUT2D eigenvalue weighted by Gasteiger charge is 2.16. The lowest BCUT2D eigenvalue weighted by molar-refractivity contribution is -0.138. The van der Waals surface area contributed by atoms with Crippen molar-refractivity contribution in [3.8, 4) is 11.5 Å². The average Bonchev–Trinajstić information content (AvgIpc) is 2.75. The Hall–Kier alpha value is -4.48. The molecule has 0 saturated heterocycles. The zero-order chi connectivity index (χ0) is 25.1. The molecule has 0 bridgehead atoms. The van der Waals surface area contributed by atoms with E-state index in [0.717, 1.165) is 0 Å². The zero-order valence-corrected chi connectivity index (χ0v) is 18.0. The number of hydrogen-bond acceptors (Lipinski definition) is 8. The summed E-state index contributed by atoms with van der Waals surface area (Å²) in [6, 6.07) is 12.6. The third-order valence-electron chi connectivity index (χ3n) is 4.29. The zero-order valence-electron chi connectivity index (χ0n) is 18.0. The van der Waals surface area contributed by atoms with Gasteiger partial charge < -0.3 is 39.7 Å². The minimum absolute atomic E-state index is 0.0967. The number of hydrogen-bond donors (Lipinski definition) is 4. The molecule has 4 N–H and O–H groups in total. The molecule has 0 saturated carbocycles. The monoisotopic (exact) mass is 476 g/mol. The van der Waals surface area contributed by atoms with Gasteiger partial charge in [-0.15, -0.1) is 0 Å². The SMILES string of the molecule is O=C(O)CN(CC(=O)O)c1cccc(OCCOc2cccc(N(CC(=O)O)CC(=O)O)c2)c1. The molecule has 0 amide bonds. The summed E-state index contributed by atoms with van der Waals surface area (Å²) in [5, 5.41) is 36.0. The van der Waals surface area contributed by atoms with Gasteiger partial charge in [-0.1, -0.05) is 12.1 Å². The number of carbonyl (C=O) groups is 4. The summed E-state index contributed by atoms with van der Waals surface area (Å²) >= 11 is 0. The van der Waals surface area contributed by atoms with Crippen LogP contribution in [0.3, 0.4) is 0 Å². The van der Waals surface area contributed by atoms with Gasteiger partial charge in [-0.3, -0.25) is 19.2 Å². The number of carboxylic acid groups (broad SMARTS) is 4. The number of nitrogens with zero attached hydrogens (tertiary/aromatic N) is 2. The summed E-state index contributed by atoms with van der Waals surface area (Å²) in [6.07, 6.45) is 0. The van der Waals surface area contributed by atoms with Crippen molar-refractivity contribution in [3.63, 3.8) is 0 Å². The Morgan fingerprint density at radius 2 is 0.912 bits per heavy atom. The van der Waals surface area contributed by atoms with Crippen LogP contribution < -0.4 is 19.3 Å². The number of benzene rings is 2. The van der Waals surface area contributed by atoms with E-state index in [1.807, 2.05) is 0 Å². The van der Waals surface area contributed by atoms with Crippen LogP contribution in [-0.4, -0.2) is 83.7 Å². The molecule has 0 heterocycles. The van der Waals surface area contributed by atoms with Gasteiger partial charge in [0.15, 0.2) is 0 Å². The van der Waals surface area contributed by atoms with Crippen LogP contribution >= 0.6 is 0 Å². The Kier molecular flexibility index (Phi) is 9.50. The van der Waals surface area contributed by atoms with E-state index >= 15 is 0 Å². The van der Waals surface area contributed by atoms with Crippen LogP contribution in [0.25, 0.3) is 0 Å². The van der Waals surface area contributed by atoms with Crippen molar-refractivity contribution >= 4 is 35.3 Å². The molecule has 2 aromatic rings. The van der Waals surface area contributed by atoms with Gasteiger partial charge in [0.25, 0.3) is 0 Å². The highest BCUT2D eigenvalue weighted by Crippen LogP contribution is 2.23. The molecular weight excluding hydrogens is 452 g/mol. The summed E-state index contributed by atoms with van der Waals surface area (Å²) in [6.45, 7) is -1.77. The second-order valence-corrected chi connectivity index (χ2v) is 6.98. The fourth-order valence-electron chi connectivity index (χ4n) is 2.99. The summed E-state index contributed by atoms with van der Waals surface area (Å²) in [7, 11) is 0. The van der Waals surface area contributed by atoms with E-state index in [1.165, 1.54) is 21.9 Å². The Balaban J connectivity index is 1.97.